The zero-order valence-corrected chi connectivity index (χ0v) is 11.3. The Morgan fingerprint density at radius 2 is 2.00 bits per heavy atom. The van der Waals surface area contributed by atoms with E-state index in [2.05, 4.69) is 4.74 Å². The fraction of sp³-hybridized carbons (Fsp3) is 0.778. The number of thioether (sulfide) groups is 2. The van der Waals surface area contributed by atoms with Gasteiger partial charge in [0.2, 0.25) is 0 Å². The molecule has 7 heteroatoms. The van der Waals surface area contributed by atoms with Gasteiger partial charge in [-0.15, -0.1) is 23.5 Å². The molecular weight excluding hydrogens is 250 g/mol. The fourth-order valence-electron chi connectivity index (χ4n) is 1.68. The standard InChI is InChI=1S/C9H15NO4S2/c1-13-6(11)5-10-8(12)7(14-2)9(10,15-3)16-4/h7H,5H2,1-4H3. The second-order valence-corrected chi connectivity index (χ2v) is 5.47. The number of nitrogens with zero attached hydrogens (tertiary/aromatic N) is 1. The zero-order chi connectivity index (χ0) is 12.3. The first kappa shape index (κ1) is 13.7. The van der Waals surface area contributed by atoms with Gasteiger partial charge < -0.3 is 14.4 Å². The Labute approximate surface area is 103 Å². The van der Waals surface area contributed by atoms with Gasteiger partial charge in [-0.1, -0.05) is 0 Å². The van der Waals surface area contributed by atoms with Crippen LogP contribution in [0, 0.1) is 0 Å². The van der Waals surface area contributed by atoms with Gasteiger partial charge in [-0.3, -0.25) is 9.59 Å². The molecule has 0 spiro atoms. The van der Waals surface area contributed by atoms with Gasteiger partial charge in [-0.05, 0) is 12.5 Å². The molecular formula is C9H15NO4S2. The predicted molar refractivity (Wildman–Crippen MR) is 64.3 cm³/mol. The van der Waals surface area contributed by atoms with Crippen molar-refractivity contribution in [2.75, 3.05) is 33.3 Å². The number of hydrogen-bond acceptors (Lipinski definition) is 6. The highest BCUT2D eigenvalue weighted by molar-refractivity contribution is 8.17. The molecule has 1 rings (SSSR count). The molecule has 0 aromatic heterocycles. The van der Waals surface area contributed by atoms with Crippen LogP contribution in [-0.2, 0) is 19.1 Å². The number of hydrogen-bond donors (Lipinski definition) is 0. The topological polar surface area (TPSA) is 55.8 Å². The zero-order valence-electron chi connectivity index (χ0n) is 9.68. The van der Waals surface area contributed by atoms with Gasteiger partial charge in [0.25, 0.3) is 5.91 Å². The maximum absolute atomic E-state index is 11.7. The molecule has 1 aliphatic heterocycles. The maximum Gasteiger partial charge on any atom is 0.325 e. The summed E-state index contributed by atoms with van der Waals surface area (Å²) in [6.07, 6.45) is 3.28. The van der Waals surface area contributed by atoms with E-state index in [9.17, 15) is 9.59 Å². The van der Waals surface area contributed by atoms with Crippen molar-refractivity contribution in [1.82, 2.24) is 4.90 Å². The van der Waals surface area contributed by atoms with Crippen LogP contribution in [0.2, 0.25) is 0 Å². The Morgan fingerprint density at radius 3 is 2.38 bits per heavy atom. The normalized spacial score (nSPS) is 22.9. The molecule has 16 heavy (non-hydrogen) atoms. The van der Waals surface area contributed by atoms with Gasteiger partial charge in [0.1, 0.15) is 6.54 Å². The lowest BCUT2D eigenvalue weighted by Gasteiger charge is -2.53. The van der Waals surface area contributed by atoms with Crippen molar-refractivity contribution in [2.45, 2.75) is 10.3 Å². The van der Waals surface area contributed by atoms with E-state index in [1.54, 1.807) is 0 Å². The molecule has 5 nitrogen and oxygen atoms in total. The van der Waals surface area contributed by atoms with E-state index in [0.29, 0.717) is 0 Å². The minimum atomic E-state index is -0.514. The summed E-state index contributed by atoms with van der Waals surface area (Å²) >= 11 is 2.98. The summed E-state index contributed by atoms with van der Waals surface area (Å²) in [5.74, 6) is -0.591. The van der Waals surface area contributed by atoms with Crippen LogP contribution in [0.3, 0.4) is 0 Å². The van der Waals surface area contributed by atoms with E-state index < -0.39 is 16.3 Å². The molecule has 1 unspecified atom stereocenters. The molecule has 0 bridgehead atoms. The minimum Gasteiger partial charge on any atom is -0.468 e. The summed E-state index contributed by atoms with van der Waals surface area (Å²) in [6.45, 7) is -0.0309. The molecule has 0 aromatic carbocycles. The smallest absolute Gasteiger partial charge is 0.325 e. The molecule has 1 atom stereocenters. The van der Waals surface area contributed by atoms with Crippen molar-refractivity contribution < 1.29 is 19.1 Å². The molecule has 1 heterocycles. The third-order valence-electron chi connectivity index (χ3n) is 2.53. The molecule has 0 aliphatic carbocycles. The van der Waals surface area contributed by atoms with Gasteiger partial charge in [0.05, 0.1) is 7.11 Å². The summed E-state index contributed by atoms with van der Waals surface area (Å²) in [5.41, 5.74) is 0. The summed E-state index contributed by atoms with van der Waals surface area (Å²) in [4.78, 5) is 24.4. The van der Waals surface area contributed by atoms with Crippen molar-refractivity contribution in [3.8, 4) is 0 Å². The van der Waals surface area contributed by atoms with Crippen LogP contribution >= 0.6 is 23.5 Å². The van der Waals surface area contributed by atoms with Crippen molar-refractivity contribution in [2.24, 2.45) is 0 Å². The summed E-state index contributed by atoms with van der Waals surface area (Å²) in [6, 6.07) is 0. The quantitative estimate of drug-likeness (QED) is 0.407. The van der Waals surface area contributed by atoms with E-state index in [1.807, 2.05) is 12.5 Å². The molecule has 1 fully saturated rings. The second-order valence-electron chi connectivity index (χ2n) is 3.16. The van der Waals surface area contributed by atoms with Crippen LogP contribution in [0.4, 0.5) is 0 Å². The first-order chi connectivity index (χ1) is 7.57. The monoisotopic (exact) mass is 265 g/mol. The third kappa shape index (κ3) is 1.91. The largest absolute Gasteiger partial charge is 0.468 e. The first-order valence-electron chi connectivity index (χ1n) is 4.58. The third-order valence-corrected chi connectivity index (χ3v) is 5.57. The number of β-lactam (4-membered cyclic amide) rings is 1. The highest BCUT2D eigenvalue weighted by atomic mass is 32.2. The first-order valence-corrected chi connectivity index (χ1v) is 7.03. The molecule has 0 saturated carbocycles. The average molecular weight is 265 g/mol. The van der Waals surface area contributed by atoms with Crippen molar-refractivity contribution >= 4 is 35.4 Å². The van der Waals surface area contributed by atoms with E-state index in [1.165, 1.54) is 42.6 Å². The number of rotatable bonds is 5. The van der Waals surface area contributed by atoms with Crippen LogP contribution in [0.25, 0.3) is 0 Å². The highest BCUT2D eigenvalue weighted by Crippen LogP contribution is 2.49. The molecule has 1 aliphatic rings. The average Bonchev–Trinajstić information content (AvgIpc) is 2.31. The Morgan fingerprint density at radius 1 is 1.44 bits per heavy atom. The molecule has 92 valence electrons. The summed E-state index contributed by atoms with van der Waals surface area (Å²) in [7, 11) is 2.81. The van der Waals surface area contributed by atoms with Gasteiger partial charge in [-0.25, -0.2) is 0 Å². The molecule has 1 amide bonds. The van der Waals surface area contributed by atoms with Crippen LogP contribution in [0.15, 0.2) is 0 Å². The summed E-state index contributed by atoms with van der Waals surface area (Å²) in [5, 5.41) is 0. The minimum absolute atomic E-state index is 0.0309. The lowest BCUT2D eigenvalue weighted by Crippen LogP contribution is -2.72. The predicted octanol–water partition coefficient (Wildman–Crippen LogP) is 0.396. The van der Waals surface area contributed by atoms with Crippen molar-refractivity contribution in [3.63, 3.8) is 0 Å². The fourth-order valence-corrected chi connectivity index (χ4v) is 3.91. The number of ether oxygens (including phenoxy) is 2. The summed E-state index contributed by atoms with van der Waals surface area (Å²) < 4.78 is 9.21. The maximum atomic E-state index is 11.7. The van der Waals surface area contributed by atoms with Gasteiger partial charge in [0, 0.05) is 7.11 Å². The number of methoxy groups -OCH3 is 2. The van der Waals surface area contributed by atoms with Gasteiger partial charge in [-0.2, -0.15) is 0 Å². The number of esters is 1. The number of carbonyl (C=O) groups is 2. The van der Waals surface area contributed by atoms with Gasteiger partial charge in [0.15, 0.2) is 10.3 Å². The van der Waals surface area contributed by atoms with Crippen LogP contribution in [-0.4, -0.2) is 60.4 Å². The highest BCUT2D eigenvalue weighted by Gasteiger charge is 2.61. The van der Waals surface area contributed by atoms with Crippen molar-refractivity contribution in [3.05, 3.63) is 0 Å². The lowest BCUT2D eigenvalue weighted by molar-refractivity contribution is -0.170. The van der Waals surface area contributed by atoms with Crippen LogP contribution in [0.1, 0.15) is 0 Å². The molecule has 1 saturated heterocycles. The van der Waals surface area contributed by atoms with Gasteiger partial charge >= 0.3 is 5.97 Å². The Hall–Kier alpha value is -0.400. The van der Waals surface area contributed by atoms with E-state index in [-0.39, 0.29) is 12.5 Å². The van der Waals surface area contributed by atoms with E-state index in [0.717, 1.165) is 0 Å². The SMILES string of the molecule is COC(=O)CN1C(=O)C(OC)C1(SC)SC. The molecule has 0 radical (unpaired) electrons. The van der Waals surface area contributed by atoms with Crippen LogP contribution in [0.5, 0.6) is 0 Å². The number of carbonyl (C=O) groups excluding carboxylic acids is 2. The van der Waals surface area contributed by atoms with Crippen molar-refractivity contribution in [1.29, 1.82) is 0 Å². The number of likely N-dealkylation sites (tertiary alicyclic amines) is 1. The Balaban J connectivity index is 2.83. The molecule has 0 N–H and O–H groups in total. The Kier molecular flexibility index (Phi) is 4.52. The van der Waals surface area contributed by atoms with E-state index in [4.69, 9.17) is 4.74 Å². The Bertz CT molecular complexity index is 293. The number of amides is 1. The second kappa shape index (κ2) is 5.29. The lowest BCUT2D eigenvalue weighted by atomic mass is 10.1. The molecule has 0 aromatic rings. The van der Waals surface area contributed by atoms with Crippen LogP contribution < -0.4 is 0 Å². The van der Waals surface area contributed by atoms with E-state index >= 15 is 0 Å².